The monoisotopic (exact) mass is 210 g/mol. The van der Waals surface area contributed by atoms with Crippen molar-refractivity contribution in [2.75, 3.05) is 6.61 Å². The number of aliphatic hydroxyl groups is 1. The molecule has 0 spiro atoms. The third-order valence-corrected chi connectivity index (χ3v) is 3.87. The minimum atomic E-state index is -0.664. The molecule has 0 amide bonds. The van der Waals surface area contributed by atoms with Crippen molar-refractivity contribution in [3.63, 3.8) is 0 Å². The first kappa shape index (κ1) is 11.0. The molecular formula is C13H22O2. The highest BCUT2D eigenvalue weighted by atomic mass is 16.5. The van der Waals surface area contributed by atoms with Crippen molar-refractivity contribution in [1.29, 1.82) is 0 Å². The Balaban J connectivity index is 2.21. The molecule has 15 heavy (non-hydrogen) atoms. The Morgan fingerprint density at radius 1 is 1.47 bits per heavy atom. The van der Waals surface area contributed by atoms with Gasteiger partial charge in [0.15, 0.2) is 0 Å². The molecule has 2 heteroatoms. The Kier molecular flexibility index (Phi) is 3.06. The van der Waals surface area contributed by atoms with E-state index in [9.17, 15) is 5.11 Å². The molecule has 1 aliphatic heterocycles. The Morgan fingerprint density at radius 3 is 2.87 bits per heavy atom. The third-order valence-electron chi connectivity index (χ3n) is 3.87. The van der Waals surface area contributed by atoms with Crippen LogP contribution in [0.2, 0.25) is 0 Å². The molecule has 2 aliphatic rings. The van der Waals surface area contributed by atoms with Crippen LogP contribution in [0.5, 0.6) is 0 Å². The first-order valence-corrected chi connectivity index (χ1v) is 6.20. The van der Waals surface area contributed by atoms with Crippen molar-refractivity contribution in [2.45, 2.75) is 51.6 Å². The van der Waals surface area contributed by atoms with Gasteiger partial charge >= 0.3 is 0 Å². The predicted molar refractivity (Wildman–Crippen MR) is 60.4 cm³/mol. The van der Waals surface area contributed by atoms with Gasteiger partial charge in [-0.2, -0.15) is 0 Å². The molecule has 2 rings (SSSR count). The lowest BCUT2D eigenvalue weighted by molar-refractivity contribution is -0.0698. The molecule has 0 aromatic heterocycles. The minimum absolute atomic E-state index is 0.371. The molecule has 1 fully saturated rings. The fourth-order valence-electron chi connectivity index (χ4n) is 3.09. The van der Waals surface area contributed by atoms with E-state index in [1.807, 2.05) is 0 Å². The van der Waals surface area contributed by atoms with Gasteiger partial charge in [-0.1, -0.05) is 26.7 Å². The predicted octanol–water partition coefficient (Wildman–Crippen LogP) is 2.87. The zero-order chi connectivity index (χ0) is 10.9. The fourth-order valence-corrected chi connectivity index (χ4v) is 3.09. The van der Waals surface area contributed by atoms with E-state index < -0.39 is 5.60 Å². The Hall–Kier alpha value is -0.500. The van der Waals surface area contributed by atoms with E-state index in [1.54, 1.807) is 0 Å². The van der Waals surface area contributed by atoms with Crippen molar-refractivity contribution in [3.8, 4) is 0 Å². The van der Waals surface area contributed by atoms with Gasteiger partial charge in [-0.25, -0.2) is 0 Å². The SMILES string of the molecule is CC(C)C1CCCCC1(O)C1=CCCO1. The van der Waals surface area contributed by atoms with Crippen molar-refractivity contribution in [3.05, 3.63) is 11.8 Å². The Labute approximate surface area is 92.3 Å². The van der Waals surface area contributed by atoms with Gasteiger partial charge in [0, 0.05) is 6.42 Å². The van der Waals surface area contributed by atoms with Crippen LogP contribution < -0.4 is 0 Å². The van der Waals surface area contributed by atoms with Crippen LogP contribution in [-0.4, -0.2) is 17.3 Å². The Bertz CT molecular complexity index is 257. The zero-order valence-electron chi connectivity index (χ0n) is 9.83. The van der Waals surface area contributed by atoms with Gasteiger partial charge in [-0.05, 0) is 30.8 Å². The third kappa shape index (κ3) is 1.92. The molecule has 0 bridgehead atoms. The highest BCUT2D eigenvalue weighted by Crippen LogP contribution is 2.44. The lowest BCUT2D eigenvalue weighted by Crippen LogP contribution is -2.45. The standard InChI is InChI=1S/C13H22O2/c1-10(2)11-6-3-4-8-13(11,14)12-7-5-9-15-12/h7,10-11,14H,3-6,8-9H2,1-2H3. The quantitative estimate of drug-likeness (QED) is 0.759. The summed E-state index contributed by atoms with van der Waals surface area (Å²) in [6.07, 6.45) is 7.43. The van der Waals surface area contributed by atoms with Crippen LogP contribution in [0.4, 0.5) is 0 Å². The van der Waals surface area contributed by atoms with Crippen LogP contribution in [0.3, 0.4) is 0 Å². The van der Waals surface area contributed by atoms with Gasteiger partial charge in [0.2, 0.25) is 0 Å². The molecule has 1 N–H and O–H groups in total. The van der Waals surface area contributed by atoms with E-state index in [0.29, 0.717) is 11.8 Å². The van der Waals surface area contributed by atoms with E-state index in [4.69, 9.17) is 4.74 Å². The number of hydrogen-bond acceptors (Lipinski definition) is 2. The first-order valence-electron chi connectivity index (χ1n) is 6.20. The number of ether oxygens (including phenoxy) is 1. The summed E-state index contributed by atoms with van der Waals surface area (Å²) >= 11 is 0. The van der Waals surface area contributed by atoms with Crippen LogP contribution in [0, 0.1) is 11.8 Å². The molecule has 2 unspecified atom stereocenters. The largest absolute Gasteiger partial charge is 0.495 e. The molecule has 86 valence electrons. The van der Waals surface area contributed by atoms with Gasteiger partial charge in [-0.3, -0.25) is 0 Å². The summed E-state index contributed by atoms with van der Waals surface area (Å²) in [5.74, 6) is 1.76. The lowest BCUT2D eigenvalue weighted by Gasteiger charge is -2.42. The summed E-state index contributed by atoms with van der Waals surface area (Å²) in [6, 6.07) is 0. The molecular weight excluding hydrogens is 188 g/mol. The molecule has 2 atom stereocenters. The molecule has 2 nitrogen and oxygen atoms in total. The van der Waals surface area contributed by atoms with Gasteiger partial charge in [0.25, 0.3) is 0 Å². The summed E-state index contributed by atoms with van der Waals surface area (Å²) in [5, 5.41) is 10.8. The van der Waals surface area contributed by atoms with E-state index >= 15 is 0 Å². The number of hydrogen-bond donors (Lipinski definition) is 1. The lowest BCUT2D eigenvalue weighted by atomic mass is 9.69. The summed E-state index contributed by atoms with van der Waals surface area (Å²) in [5.41, 5.74) is -0.664. The van der Waals surface area contributed by atoms with Gasteiger partial charge in [0.05, 0.1) is 6.61 Å². The molecule has 0 aromatic rings. The van der Waals surface area contributed by atoms with Crippen LogP contribution in [0.25, 0.3) is 0 Å². The normalized spacial score (nSPS) is 36.5. The van der Waals surface area contributed by atoms with Crippen molar-refractivity contribution in [1.82, 2.24) is 0 Å². The van der Waals surface area contributed by atoms with E-state index in [0.717, 1.165) is 38.0 Å². The van der Waals surface area contributed by atoms with Crippen LogP contribution >= 0.6 is 0 Å². The van der Waals surface area contributed by atoms with Crippen molar-refractivity contribution >= 4 is 0 Å². The summed E-state index contributed by atoms with van der Waals surface area (Å²) in [4.78, 5) is 0. The highest BCUT2D eigenvalue weighted by Gasteiger charge is 2.45. The fraction of sp³-hybridized carbons (Fsp3) is 0.846. The van der Waals surface area contributed by atoms with Gasteiger partial charge in [-0.15, -0.1) is 0 Å². The maximum atomic E-state index is 10.8. The summed E-state index contributed by atoms with van der Waals surface area (Å²) in [7, 11) is 0. The van der Waals surface area contributed by atoms with Crippen LogP contribution in [-0.2, 0) is 4.74 Å². The summed E-state index contributed by atoms with van der Waals surface area (Å²) < 4.78 is 5.59. The van der Waals surface area contributed by atoms with E-state index in [2.05, 4.69) is 19.9 Å². The van der Waals surface area contributed by atoms with Gasteiger partial charge < -0.3 is 9.84 Å². The highest BCUT2D eigenvalue weighted by molar-refractivity contribution is 5.16. The van der Waals surface area contributed by atoms with Gasteiger partial charge in [0.1, 0.15) is 11.4 Å². The zero-order valence-corrected chi connectivity index (χ0v) is 9.83. The molecule has 0 aromatic carbocycles. The van der Waals surface area contributed by atoms with Crippen molar-refractivity contribution < 1.29 is 9.84 Å². The minimum Gasteiger partial charge on any atom is -0.495 e. The molecule has 0 saturated heterocycles. The van der Waals surface area contributed by atoms with E-state index in [1.165, 1.54) is 6.42 Å². The molecule has 1 saturated carbocycles. The molecule has 0 radical (unpaired) electrons. The second kappa shape index (κ2) is 4.17. The maximum Gasteiger partial charge on any atom is 0.124 e. The van der Waals surface area contributed by atoms with Crippen LogP contribution in [0.15, 0.2) is 11.8 Å². The Morgan fingerprint density at radius 2 is 2.27 bits per heavy atom. The smallest absolute Gasteiger partial charge is 0.124 e. The average Bonchev–Trinajstić information content (AvgIpc) is 2.71. The molecule has 1 aliphatic carbocycles. The maximum absolute atomic E-state index is 10.8. The topological polar surface area (TPSA) is 29.5 Å². The van der Waals surface area contributed by atoms with Crippen LogP contribution in [0.1, 0.15) is 46.0 Å². The average molecular weight is 210 g/mol. The first-order chi connectivity index (χ1) is 7.14. The second-order valence-electron chi connectivity index (χ2n) is 5.23. The summed E-state index contributed by atoms with van der Waals surface area (Å²) in [6.45, 7) is 5.16. The molecule has 1 heterocycles. The second-order valence-corrected chi connectivity index (χ2v) is 5.23. The number of rotatable bonds is 2. The van der Waals surface area contributed by atoms with Crippen molar-refractivity contribution in [2.24, 2.45) is 11.8 Å². The van der Waals surface area contributed by atoms with E-state index in [-0.39, 0.29) is 0 Å².